The highest BCUT2D eigenvalue weighted by Crippen LogP contribution is 2.26. The summed E-state index contributed by atoms with van der Waals surface area (Å²) in [4.78, 5) is 99.3. The zero-order valence-corrected chi connectivity index (χ0v) is 38.4. The van der Waals surface area contributed by atoms with E-state index in [0.717, 1.165) is 18.4 Å². The monoisotopic (exact) mass is 948 g/mol. The number of aliphatic carboxylic acids is 1. The second-order valence-corrected chi connectivity index (χ2v) is 15.5. The number of rotatable bonds is 29. The van der Waals surface area contributed by atoms with Gasteiger partial charge in [-0.3, -0.25) is 33.3 Å². The van der Waals surface area contributed by atoms with E-state index in [1.807, 2.05) is 6.92 Å². The van der Waals surface area contributed by atoms with Crippen LogP contribution in [0.4, 0.5) is 5.82 Å². The van der Waals surface area contributed by atoms with Gasteiger partial charge in [-0.2, -0.15) is 9.97 Å². The number of aromatic nitrogens is 4. The van der Waals surface area contributed by atoms with Crippen LogP contribution in [-0.4, -0.2) is 137 Å². The van der Waals surface area contributed by atoms with Gasteiger partial charge in [0.2, 0.25) is 23.6 Å². The number of aromatic amines is 1. The van der Waals surface area contributed by atoms with Crippen LogP contribution in [0.25, 0.3) is 17.2 Å². The highest BCUT2D eigenvalue weighted by molar-refractivity contribution is 5.96. The van der Waals surface area contributed by atoms with Crippen molar-refractivity contribution in [3.8, 4) is 17.5 Å². The molecule has 0 aliphatic carbocycles. The fourth-order valence-electron chi connectivity index (χ4n) is 6.28. The molecule has 23 heteroatoms. The molecule has 368 valence electrons. The predicted octanol–water partition coefficient (Wildman–Crippen LogP) is 0.842. The standard InChI is InChI=1S/C45H60N10O13/c1-5-6-19-68-44-53-39(46)38-40(54-44)55(45(64)52-38)26-29-7-11-30(12-8-29)41(61)47-17-20-66-22-23-67-21-18-48-42(62)31(13-16-36(59)60)50-43(63)37(27(2)3)51-35(58)25-49-34(57)15-10-28-9-14-32(56)33(24-28)65-4/h7-12,14-15,24,27,31,37,56H,5-6,13,16-23,25-26H2,1-4H3,(H,47,61)(H,48,62)(H,49,57)(H,50,63)(H,51,58)(H,52,64)(H,59,60)(H2,46,53,54)/b15-10+/t31-,37+/m1/s1. The maximum absolute atomic E-state index is 13.3. The number of carbonyl (C=O) groups excluding carboxylic acids is 5. The van der Waals surface area contributed by atoms with Crippen LogP contribution < -0.4 is 47.5 Å². The van der Waals surface area contributed by atoms with E-state index in [1.54, 1.807) is 44.2 Å². The number of ether oxygens (including phenoxy) is 4. The van der Waals surface area contributed by atoms with Gasteiger partial charge in [0.25, 0.3) is 5.91 Å². The lowest BCUT2D eigenvalue weighted by molar-refractivity contribution is -0.138. The number of nitrogens with two attached hydrogens (primary N) is 1. The Kier molecular flexibility index (Phi) is 21.2. The number of nitrogen functional groups attached to an aromatic ring is 1. The van der Waals surface area contributed by atoms with E-state index in [1.165, 1.54) is 36.0 Å². The molecule has 0 radical (unpaired) electrons. The fourth-order valence-corrected chi connectivity index (χ4v) is 6.28. The molecule has 68 heavy (non-hydrogen) atoms. The molecule has 0 fully saturated rings. The van der Waals surface area contributed by atoms with Gasteiger partial charge in [0, 0.05) is 31.1 Å². The van der Waals surface area contributed by atoms with E-state index >= 15 is 0 Å². The average molecular weight is 949 g/mol. The van der Waals surface area contributed by atoms with Gasteiger partial charge in [-0.25, -0.2) is 4.79 Å². The Bertz CT molecular complexity index is 2440. The Morgan fingerprint density at radius 2 is 1.60 bits per heavy atom. The van der Waals surface area contributed by atoms with Gasteiger partial charge >= 0.3 is 17.7 Å². The Hall–Kier alpha value is -7.53. The van der Waals surface area contributed by atoms with Crippen LogP contribution in [0, 0.1) is 5.92 Å². The second-order valence-electron chi connectivity index (χ2n) is 15.5. The summed E-state index contributed by atoms with van der Waals surface area (Å²) in [5.74, 6) is -4.38. The number of phenols is 1. The topological polar surface area (TPSA) is 330 Å². The number of benzene rings is 2. The van der Waals surface area contributed by atoms with Crippen molar-refractivity contribution in [3.05, 3.63) is 75.7 Å². The molecule has 2 aromatic carbocycles. The van der Waals surface area contributed by atoms with Crippen molar-refractivity contribution in [2.24, 2.45) is 5.92 Å². The van der Waals surface area contributed by atoms with Crippen molar-refractivity contribution in [2.45, 2.75) is 65.1 Å². The van der Waals surface area contributed by atoms with Crippen molar-refractivity contribution in [3.63, 3.8) is 0 Å². The maximum atomic E-state index is 13.3. The highest BCUT2D eigenvalue weighted by atomic mass is 16.5. The molecule has 4 rings (SSSR count). The summed E-state index contributed by atoms with van der Waals surface area (Å²) in [6.45, 7) is 6.32. The predicted molar refractivity (Wildman–Crippen MR) is 248 cm³/mol. The molecule has 0 saturated carbocycles. The number of carboxylic acid groups (broad SMARTS) is 1. The molecule has 0 aliphatic rings. The Labute approximate surface area is 391 Å². The number of hydrogen-bond acceptors (Lipinski definition) is 15. The van der Waals surface area contributed by atoms with E-state index in [9.17, 15) is 43.8 Å². The van der Waals surface area contributed by atoms with Gasteiger partial charge in [-0.15, -0.1) is 0 Å². The lowest BCUT2D eigenvalue weighted by Gasteiger charge is -2.25. The number of imidazole rings is 1. The maximum Gasteiger partial charge on any atom is 0.328 e. The van der Waals surface area contributed by atoms with Crippen molar-refractivity contribution in [1.82, 2.24) is 46.1 Å². The van der Waals surface area contributed by atoms with Crippen molar-refractivity contribution < 1.29 is 57.9 Å². The molecule has 5 amide bonds. The van der Waals surface area contributed by atoms with Gasteiger partial charge in [0.15, 0.2) is 23.0 Å². The number of fused-ring (bicyclic) bond motifs is 1. The van der Waals surface area contributed by atoms with E-state index in [-0.39, 0.29) is 81.7 Å². The number of H-pyrrole nitrogens is 1. The average Bonchev–Trinajstić information content (AvgIpc) is 3.63. The first-order valence-electron chi connectivity index (χ1n) is 21.9. The quantitative estimate of drug-likeness (QED) is 0.0269. The van der Waals surface area contributed by atoms with Gasteiger partial charge in [-0.05, 0) is 60.2 Å². The Balaban J connectivity index is 1.13. The molecule has 0 bridgehead atoms. The van der Waals surface area contributed by atoms with E-state index in [4.69, 9.17) is 24.7 Å². The third-order valence-corrected chi connectivity index (χ3v) is 9.97. The number of amides is 5. The van der Waals surface area contributed by atoms with Gasteiger partial charge < -0.3 is 66.5 Å². The van der Waals surface area contributed by atoms with Gasteiger partial charge in [0.05, 0.1) is 53.2 Å². The minimum absolute atomic E-state index is 0.0302. The van der Waals surface area contributed by atoms with Crippen molar-refractivity contribution in [1.29, 1.82) is 0 Å². The van der Waals surface area contributed by atoms with Gasteiger partial charge in [0.1, 0.15) is 17.6 Å². The number of hydrogen-bond donors (Lipinski definition) is 9. The van der Waals surface area contributed by atoms with E-state index in [0.29, 0.717) is 28.9 Å². The normalized spacial score (nSPS) is 12.1. The Morgan fingerprint density at radius 3 is 2.26 bits per heavy atom. The van der Waals surface area contributed by atoms with Crippen LogP contribution in [0.2, 0.25) is 0 Å². The van der Waals surface area contributed by atoms with E-state index < -0.39 is 66.3 Å². The molecular weight excluding hydrogens is 889 g/mol. The van der Waals surface area contributed by atoms with Crippen LogP contribution >= 0.6 is 0 Å². The number of carbonyl (C=O) groups is 6. The minimum Gasteiger partial charge on any atom is -0.504 e. The minimum atomic E-state index is -1.24. The zero-order valence-electron chi connectivity index (χ0n) is 38.4. The third-order valence-electron chi connectivity index (χ3n) is 9.97. The SMILES string of the molecule is CCCCOc1nc(N)c2[nH]c(=O)n(Cc3ccc(C(=O)NCCOCCOCCNC(=O)[C@@H](CCC(=O)O)NC(=O)[C@@H](NC(=O)CNC(=O)/C=C/c4ccc(O)c(OC)c4)C(C)C)cc3)c2n1. The Morgan fingerprint density at radius 1 is 0.897 bits per heavy atom. The molecule has 10 N–H and O–H groups in total. The van der Waals surface area contributed by atoms with Crippen molar-refractivity contribution in [2.75, 3.05) is 65.5 Å². The van der Waals surface area contributed by atoms with Gasteiger partial charge in [-0.1, -0.05) is 45.4 Å². The van der Waals surface area contributed by atoms with Crippen LogP contribution in [-0.2, 0) is 40.0 Å². The van der Waals surface area contributed by atoms with Crippen LogP contribution in [0.5, 0.6) is 17.5 Å². The number of nitrogens with zero attached hydrogens (tertiary/aromatic N) is 3. The lowest BCUT2D eigenvalue weighted by Crippen LogP contribution is -2.56. The smallest absolute Gasteiger partial charge is 0.328 e. The zero-order chi connectivity index (χ0) is 49.6. The lowest BCUT2D eigenvalue weighted by atomic mass is 10.0. The molecule has 2 heterocycles. The third kappa shape index (κ3) is 17.0. The van der Waals surface area contributed by atoms with Crippen LogP contribution in [0.15, 0.2) is 53.3 Å². The molecule has 0 unspecified atom stereocenters. The number of unbranched alkanes of at least 4 members (excludes halogenated alkanes) is 1. The summed E-state index contributed by atoms with van der Waals surface area (Å²) in [6, 6.07) is 8.92. The second kappa shape index (κ2) is 27.2. The van der Waals surface area contributed by atoms with Crippen LogP contribution in [0.1, 0.15) is 67.9 Å². The largest absolute Gasteiger partial charge is 0.504 e. The van der Waals surface area contributed by atoms with E-state index in [2.05, 4.69) is 41.5 Å². The fraction of sp³-hybridized carbons (Fsp3) is 0.444. The number of anilines is 1. The number of aromatic hydroxyl groups is 1. The molecule has 23 nitrogen and oxygen atoms in total. The molecule has 0 spiro atoms. The molecule has 2 atom stereocenters. The molecule has 4 aromatic rings. The summed E-state index contributed by atoms with van der Waals surface area (Å²) >= 11 is 0. The number of nitrogens with one attached hydrogen (secondary N) is 6. The molecule has 2 aromatic heterocycles. The highest BCUT2D eigenvalue weighted by Gasteiger charge is 2.29. The summed E-state index contributed by atoms with van der Waals surface area (Å²) in [5, 5.41) is 31.9. The summed E-state index contributed by atoms with van der Waals surface area (Å²) in [5.41, 5.74) is 7.94. The number of phenolic OH excluding ortho intramolecular Hbond substituents is 1. The van der Waals surface area contributed by atoms with Crippen molar-refractivity contribution >= 4 is 58.6 Å². The number of carboxylic acids is 1. The number of methoxy groups -OCH3 is 1. The first kappa shape index (κ1) is 53.1. The first-order valence-corrected chi connectivity index (χ1v) is 21.9. The van der Waals surface area contributed by atoms with Crippen LogP contribution in [0.3, 0.4) is 0 Å². The summed E-state index contributed by atoms with van der Waals surface area (Å²) in [7, 11) is 1.39. The summed E-state index contributed by atoms with van der Waals surface area (Å²) < 4.78 is 23.1. The molecular formula is C45H60N10O13. The molecule has 0 saturated heterocycles. The first-order chi connectivity index (χ1) is 32.6. The summed E-state index contributed by atoms with van der Waals surface area (Å²) in [6.07, 6.45) is 3.72. The molecule has 0 aliphatic heterocycles.